The van der Waals surface area contributed by atoms with E-state index in [4.69, 9.17) is 20.1 Å². The van der Waals surface area contributed by atoms with Gasteiger partial charge in [0.25, 0.3) is 5.84 Å². The lowest BCUT2D eigenvalue weighted by atomic mass is 10.0. The molecule has 3 aliphatic rings. The number of hydrogen-bond donors (Lipinski definition) is 1. The molecular weight excluding hydrogens is 426 g/mol. The van der Waals surface area contributed by atoms with E-state index in [2.05, 4.69) is 10.1 Å². The zero-order chi connectivity index (χ0) is 23.1. The van der Waals surface area contributed by atoms with Crippen molar-refractivity contribution in [2.24, 2.45) is 15.8 Å². The number of benzene rings is 2. The first-order valence-electron chi connectivity index (χ1n) is 11.0. The molecule has 7 nitrogen and oxygen atoms in total. The van der Waals surface area contributed by atoms with Crippen LogP contribution in [0, 0.1) is 6.92 Å². The summed E-state index contributed by atoms with van der Waals surface area (Å²) in [6.45, 7) is 2.23. The van der Waals surface area contributed by atoms with Crippen LogP contribution < -0.4 is 10.6 Å². The Balaban J connectivity index is 1.29. The van der Waals surface area contributed by atoms with Gasteiger partial charge in [-0.05, 0) is 25.1 Å². The van der Waals surface area contributed by atoms with E-state index in [-0.39, 0.29) is 4.59 Å². The van der Waals surface area contributed by atoms with Crippen molar-refractivity contribution in [3.63, 3.8) is 0 Å². The fraction of sp³-hybridized carbons (Fsp3) is 0.0741. The second-order valence-corrected chi connectivity index (χ2v) is 8.25. The minimum atomic E-state index is -0.0314. The predicted molar refractivity (Wildman–Crippen MR) is 130 cm³/mol. The number of hydrogen-bond acceptors (Lipinski definition) is 6. The average molecular weight is 449 g/mol. The minimum Gasteiger partial charge on any atom is -0.489 e. The molecule has 0 radical (unpaired) electrons. The maximum Gasteiger partial charge on any atom is 0.265 e. The fourth-order valence-corrected chi connectivity index (χ4v) is 4.21. The van der Waals surface area contributed by atoms with Crippen molar-refractivity contribution < 1.29 is 13.9 Å². The summed E-state index contributed by atoms with van der Waals surface area (Å²) in [5, 5.41) is 4.24. The van der Waals surface area contributed by atoms with Crippen molar-refractivity contribution in [1.29, 1.82) is 0 Å². The number of aryl methyl sites for hydroxylation is 1. The topological polar surface area (TPSA) is 86.0 Å². The van der Waals surface area contributed by atoms with Crippen molar-refractivity contribution in [3.8, 4) is 17.0 Å². The van der Waals surface area contributed by atoms with Crippen LogP contribution in [0.4, 0.5) is 0 Å². The molecule has 2 aromatic carbocycles. The zero-order valence-electron chi connectivity index (χ0n) is 18.6. The number of aliphatic imine (C=N–C) groups is 2. The Hall–Kier alpha value is -4.33. The Kier molecular flexibility index (Phi) is 4.72. The molecule has 3 aromatic rings. The molecule has 34 heavy (non-hydrogen) atoms. The highest BCUT2D eigenvalue weighted by Crippen LogP contribution is 2.36. The van der Waals surface area contributed by atoms with E-state index in [1.165, 1.54) is 0 Å². The number of ether oxygens (including phenoxy) is 1. The summed E-state index contributed by atoms with van der Waals surface area (Å²) < 4.78 is 11.6. The molecule has 0 spiro atoms. The van der Waals surface area contributed by atoms with Gasteiger partial charge in [-0.1, -0.05) is 59.8 Å². The Morgan fingerprint density at radius 1 is 1.06 bits per heavy atom. The third-order valence-electron chi connectivity index (χ3n) is 6.13. The molecule has 0 amide bonds. The lowest BCUT2D eigenvalue weighted by Crippen LogP contribution is -2.53. The summed E-state index contributed by atoms with van der Waals surface area (Å²) in [5.41, 5.74) is 6.30. The maximum absolute atomic E-state index is 6.81. The molecule has 0 saturated carbocycles. The van der Waals surface area contributed by atoms with Gasteiger partial charge in [0.05, 0.1) is 23.5 Å². The Morgan fingerprint density at radius 2 is 1.88 bits per heavy atom. The van der Waals surface area contributed by atoms with E-state index < -0.39 is 0 Å². The Bertz CT molecular complexity index is 1470. The zero-order valence-corrected chi connectivity index (χ0v) is 18.6. The van der Waals surface area contributed by atoms with Crippen LogP contribution >= 0.6 is 0 Å². The van der Waals surface area contributed by atoms with Gasteiger partial charge in [0.2, 0.25) is 5.70 Å². The lowest BCUT2D eigenvalue weighted by Gasteiger charge is -2.26. The predicted octanol–water partition coefficient (Wildman–Crippen LogP) is 4.94. The first kappa shape index (κ1) is 20.3. The van der Waals surface area contributed by atoms with E-state index >= 15 is 0 Å². The molecule has 0 saturated heterocycles. The molecule has 3 heterocycles. The minimum absolute atomic E-state index is 0.0314. The van der Waals surface area contributed by atoms with E-state index in [1.54, 1.807) is 12.4 Å². The second-order valence-electron chi connectivity index (χ2n) is 8.25. The molecule has 1 aliphatic carbocycles. The first-order chi connectivity index (χ1) is 16.6. The molecule has 0 bridgehead atoms. The highest BCUT2D eigenvalue weighted by atomic mass is 16.5. The van der Waals surface area contributed by atoms with Gasteiger partial charge in [-0.3, -0.25) is 4.99 Å². The third-order valence-corrected chi connectivity index (χ3v) is 6.13. The number of quaternary nitrogens is 1. The monoisotopic (exact) mass is 448 g/mol. The summed E-state index contributed by atoms with van der Waals surface area (Å²) in [6, 6.07) is 17.8. The third kappa shape index (κ3) is 3.26. The number of amidine groups is 1. The summed E-state index contributed by atoms with van der Waals surface area (Å²) in [6.07, 6.45) is 11.4. The van der Waals surface area contributed by atoms with Crippen molar-refractivity contribution in [2.75, 3.05) is 0 Å². The van der Waals surface area contributed by atoms with Gasteiger partial charge in [-0.2, -0.15) is 10.8 Å². The molecule has 1 atom stereocenters. The van der Waals surface area contributed by atoms with Crippen molar-refractivity contribution >= 4 is 12.1 Å². The molecule has 0 fully saturated rings. The Labute approximate surface area is 196 Å². The summed E-state index contributed by atoms with van der Waals surface area (Å²) in [5.74, 6) is 8.97. The summed E-state index contributed by atoms with van der Waals surface area (Å²) >= 11 is 0. The van der Waals surface area contributed by atoms with E-state index in [0.29, 0.717) is 18.2 Å². The number of fused-ring (bicyclic) bond motifs is 1. The molecule has 7 heteroatoms. The van der Waals surface area contributed by atoms with Crippen molar-refractivity contribution in [2.45, 2.75) is 13.5 Å². The number of aromatic nitrogens is 1. The second kappa shape index (κ2) is 7.91. The van der Waals surface area contributed by atoms with Crippen LogP contribution in [0.15, 0.2) is 117 Å². The molecule has 1 unspecified atom stereocenters. The molecule has 6 rings (SSSR count). The van der Waals surface area contributed by atoms with E-state index in [9.17, 15) is 0 Å². The standard InChI is InChI=1S/C27H22N5O2/c1-18-23(25(31-34-18)19-7-3-2-4-8-19)17-33-22-12-6-11-21(15-22)27-30-26(20-9-5-10-20)24-16-29-13-14-32(24,27)28/h2-16H,17,28H2,1H3/q+1. The fourth-order valence-electron chi connectivity index (χ4n) is 4.21. The van der Waals surface area contributed by atoms with Gasteiger partial charge in [0, 0.05) is 11.1 Å². The normalized spacial score (nSPS) is 20.2. The van der Waals surface area contributed by atoms with Gasteiger partial charge in [-0.25, -0.2) is 0 Å². The van der Waals surface area contributed by atoms with Crippen LogP contribution in [0.1, 0.15) is 16.9 Å². The van der Waals surface area contributed by atoms with Crippen molar-refractivity contribution in [3.05, 3.63) is 119 Å². The quantitative estimate of drug-likeness (QED) is 0.427. The van der Waals surface area contributed by atoms with Gasteiger partial charge < -0.3 is 9.26 Å². The van der Waals surface area contributed by atoms with Crippen LogP contribution in [0.2, 0.25) is 0 Å². The largest absolute Gasteiger partial charge is 0.489 e. The lowest BCUT2D eigenvalue weighted by molar-refractivity contribution is -0.750. The molecule has 2 N–H and O–H groups in total. The van der Waals surface area contributed by atoms with E-state index in [1.807, 2.05) is 85.9 Å². The Morgan fingerprint density at radius 3 is 2.68 bits per heavy atom. The summed E-state index contributed by atoms with van der Waals surface area (Å²) in [7, 11) is 0. The molecule has 2 aliphatic heterocycles. The smallest absolute Gasteiger partial charge is 0.265 e. The SMILES string of the molecule is Cc1onc(-c2ccccc2)c1COc1cccc(C2=NC(C3=CC=C3)=C3C=NC=C[N+]23N)c1. The molecule has 166 valence electrons. The van der Waals surface area contributed by atoms with Crippen LogP contribution in [-0.2, 0) is 6.61 Å². The number of rotatable bonds is 6. The highest BCUT2D eigenvalue weighted by molar-refractivity contribution is 6.01. The molecule has 1 aromatic heterocycles. The van der Waals surface area contributed by atoms with Gasteiger partial charge in [0.1, 0.15) is 35.7 Å². The average Bonchev–Trinajstić information content (AvgIpc) is 3.34. The van der Waals surface area contributed by atoms with Crippen LogP contribution in [0.25, 0.3) is 11.3 Å². The van der Waals surface area contributed by atoms with Gasteiger partial charge >= 0.3 is 0 Å². The number of nitrogens with two attached hydrogens (primary N) is 1. The number of nitrogens with zero attached hydrogens (tertiary/aromatic N) is 4. The number of allylic oxidation sites excluding steroid dienone is 4. The van der Waals surface area contributed by atoms with Gasteiger partial charge in [0.15, 0.2) is 0 Å². The van der Waals surface area contributed by atoms with Crippen LogP contribution in [0.5, 0.6) is 5.75 Å². The van der Waals surface area contributed by atoms with Crippen LogP contribution in [-0.4, -0.2) is 21.8 Å². The van der Waals surface area contributed by atoms with Crippen LogP contribution in [0.3, 0.4) is 0 Å². The summed E-state index contributed by atoms with van der Waals surface area (Å²) in [4.78, 5) is 9.19. The maximum atomic E-state index is 6.81. The first-order valence-corrected chi connectivity index (χ1v) is 11.0. The van der Waals surface area contributed by atoms with E-state index in [0.717, 1.165) is 45.1 Å². The molecular formula is C27H22N5O2+. The van der Waals surface area contributed by atoms with Crippen molar-refractivity contribution in [1.82, 2.24) is 5.16 Å². The van der Waals surface area contributed by atoms with Gasteiger partial charge in [-0.15, -0.1) is 4.59 Å². The highest BCUT2D eigenvalue weighted by Gasteiger charge is 2.44.